The zero-order chi connectivity index (χ0) is 19.0. The minimum atomic E-state index is -1.41. The number of hydrogen-bond acceptors (Lipinski definition) is 10. The van der Waals surface area contributed by atoms with Crippen LogP contribution in [0.2, 0.25) is 0 Å². The summed E-state index contributed by atoms with van der Waals surface area (Å²) in [6.45, 7) is 3.22. The highest BCUT2D eigenvalue weighted by atomic mass is 32.1. The van der Waals surface area contributed by atoms with Gasteiger partial charge in [0, 0.05) is 6.42 Å². The molecule has 0 saturated carbocycles. The van der Waals surface area contributed by atoms with Gasteiger partial charge in [-0.1, -0.05) is 18.3 Å². The number of nitrogen functional groups attached to an aromatic ring is 1. The van der Waals surface area contributed by atoms with Gasteiger partial charge in [-0.2, -0.15) is 9.97 Å². The van der Waals surface area contributed by atoms with Gasteiger partial charge >= 0.3 is 4.87 Å². The van der Waals surface area contributed by atoms with Gasteiger partial charge in [0.15, 0.2) is 11.9 Å². The lowest BCUT2D eigenvalue weighted by Gasteiger charge is -2.16. The Hall–Kier alpha value is -2.05. The van der Waals surface area contributed by atoms with E-state index in [1.54, 1.807) is 6.08 Å². The van der Waals surface area contributed by atoms with Gasteiger partial charge in [0.1, 0.15) is 28.8 Å². The summed E-state index contributed by atoms with van der Waals surface area (Å²) < 4.78 is 12.6. The fourth-order valence-electron chi connectivity index (χ4n) is 2.76. The summed E-state index contributed by atoms with van der Waals surface area (Å²) in [7, 11) is 0. The number of allylic oxidation sites excluding steroid dienone is 2. The molecule has 26 heavy (non-hydrogen) atoms. The van der Waals surface area contributed by atoms with Crippen molar-refractivity contribution in [2.45, 2.75) is 44.8 Å². The van der Waals surface area contributed by atoms with Gasteiger partial charge in [0.25, 0.3) is 0 Å². The summed E-state index contributed by atoms with van der Waals surface area (Å²) >= 11 is 0.815. The number of aliphatic hydroxyl groups is 3. The largest absolute Gasteiger partial charge is 0.442 e. The number of nitrogens with two attached hydrogens (primary N) is 1. The standard InChI is InChI=1S/C15H20N4O6S/c1-3-6(4-2)24-12-10-11(17-14(16)18-12)19(15(23)26-10)13-9(22)8(21)7(5-20)25-13/h3,7-9,13,20-22H,4-5H2,1-2H3,(H2,16,17,18)/t7-,8-,9-,13-/m1/s1. The SMILES string of the molecule is CC=C(CC)Oc1nc(N)nc2c1sc(=O)n2[C@@H]1O[C@H](CO)[C@@H](O)[C@H]1O. The Bertz CT molecular complexity index is 894. The Morgan fingerprint density at radius 2 is 2.15 bits per heavy atom. The van der Waals surface area contributed by atoms with Crippen molar-refractivity contribution in [3.63, 3.8) is 0 Å². The van der Waals surface area contributed by atoms with Crippen molar-refractivity contribution in [2.75, 3.05) is 12.3 Å². The number of aromatic nitrogens is 3. The van der Waals surface area contributed by atoms with Gasteiger partial charge in [-0.05, 0) is 13.0 Å². The predicted molar refractivity (Wildman–Crippen MR) is 93.8 cm³/mol. The molecule has 0 unspecified atom stereocenters. The number of nitrogens with zero attached hydrogens (tertiary/aromatic N) is 3. The van der Waals surface area contributed by atoms with Crippen molar-refractivity contribution in [1.29, 1.82) is 0 Å². The van der Waals surface area contributed by atoms with Crippen LogP contribution >= 0.6 is 11.3 Å². The van der Waals surface area contributed by atoms with Gasteiger partial charge in [-0.25, -0.2) is 0 Å². The predicted octanol–water partition coefficient (Wildman–Crippen LogP) is -0.261. The summed E-state index contributed by atoms with van der Waals surface area (Å²) in [6.07, 6.45) is -2.58. The van der Waals surface area contributed by atoms with E-state index in [1.165, 1.54) is 0 Å². The Balaban J connectivity index is 2.13. The second-order valence-corrected chi connectivity index (χ2v) is 6.68. The monoisotopic (exact) mass is 384 g/mol. The van der Waals surface area contributed by atoms with E-state index >= 15 is 0 Å². The minimum absolute atomic E-state index is 0.114. The van der Waals surface area contributed by atoms with E-state index in [1.807, 2.05) is 13.8 Å². The molecular formula is C15H20N4O6S. The molecule has 5 N–H and O–H groups in total. The van der Waals surface area contributed by atoms with Crippen molar-refractivity contribution in [3.8, 4) is 5.88 Å². The molecule has 1 aliphatic rings. The zero-order valence-corrected chi connectivity index (χ0v) is 15.0. The molecule has 0 aromatic carbocycles. The van der Waals surface area contributed by atoms with Crippen molar-refractivity contribution < 1.29 is 24.8 Å². The quantitative estimate of drug-likeness (QED) is 0.511. The fourth-order valence-corrected chi connectivity index (χ4v) is 3.63. The molecule has 4 atom stereocenters. The molecule has 1 aliphatic heterocycles. The van der Waals surface area contributed by atoms with Gasteiger partial charge in [0.2, 0.25) is 11.8 Å². The van der Waals surface area contributed by atoms with Crippen LogP contribution in [0, 0.1) is 0 Å². The van der Waals surface area contributed by atoms with E-state index in [0.29, 0.717) is 16.9 Å². The number of anilines is 1. The first-order valence-electron chi connectivity index (χ1n) is 8.05. The van der Waals surface area contributed by atoms with Crippen molar-refractivity contribution >= 4 is 27.6 Å². The van der Waals surface area contributed by atoms with Crippen LogP contribution in [0.15, 0.2) is 16.6 Å². The summed E-state index contributed by atoms with van der Waals surface area (Å²) in [6, 6.07) is 0. The first-order valence-corrected chi connectivity index (χ1v) is 8.86. The van der Waals surface area contributed by atoms with E-state index in [2.05, 4.69) is 9.97 Å². The van der Waals surface area contributed by atoms with E-state index in [9.17, 15) is 20.1 Å². The van der Waals surface area contributed by atoms with E-state index in [4.69, 9.17) is 15.2 Å². The maximum atomic E-state index is 12.5. The van der Waals surface area contributed by atoms with Gasteiger partial charge < -0.3 is 30.5 Å². The third kappa shape index (κ3) is 3.08. The number of fused-ring (bicyclic) bond motifs is 1. The van der Waals surface area contributed by atoms with Gasteiger partial charge in [0.05, 0.1) is 6.61 Å². The van der Waals surface area contributed by atoms with Crippen molar-refractivity contribution in [3.05, 3.63) is 21.5 Å². The van der Waals surface area contributed by atoms with Gasteiger partial charge in [-0.3, -0.25) is 9.36 Å². The molecular weight excluding hydrogens is 364 g/mol. The third-order valence-electron chi connectivity index (χ3n) is 4.12. The Kier molecular flexibility index (Phi) is 5.25. The molecule has 1 fully saturated rings. The lowest BCUT2D eigenvalue weighted by atomic mass is 10.1. The van der Waals surface area contributed by atoms with Crippen LogP contribution in [-0.2, 0) is 4.74 Å². The minimum Gasteiger partial charge on any atom is -0.442 e. The van der Waals surface area contributed by atoms with E-state index in [0.717, 1.165) is 15.9 Å². The van der Waals surface area contributed by atoms with Crippen LogP contribution in [0.25, 0.3) is 10.3 Å². The number of rotatable bonds is 5. The zero-order valence-electron chi connectivity index (χ0n) is 14.2. The number of ether oxygens (including phenoxy) is 2. The maximum absolute atomic E-state index is 12.5. The molecule has 142 valence electrons. The summed E-state index contributed by atoms with van der Waals surface area (Å²) in [4.78, 5) is 20.2. The second-order valence-electron chi connectivity index (χ2n) is 5.72. The Morgan fingerprint density at radius 3 is 2.73 bits per heavy atom. The molecule has 0 aliphatic carbocycles. The van der Waals surface area contributed by atoms with Crippen LogP contribution < -0.4 is 15.3 Å². The van der Waals surface area contributed by atoms with Crippen molar-refractivity contribution in [2.24, 2.45) is 0 Å². The number of hydrogen-bond donors (Lipinski definition) is 4. The topological polar surface area (TPSA) is 153 Å². The lowest BCUT2D eigenvalue weighted by Crippen LogP contribution is -2.34. The molecule has 3 rings (SSSR count). The van der Waals surface area contributed by atoms with Crippen LogP contribution in [0.5, 0.6) is 5.88 Å². The third-order valence-corrected chi connectivity index (χ3v) is 5.05. The van der Waals surface area contributed by atoms with Crippen LogP contribution in [-0.4, -0.2) is 54.8 Å². The number of aliphatic hydroxyl groups excluding tert-OH is 3. The van der Waals surface area contributed by atoms with Crippen LogP contribution in [0.3, 0.4) is 0 Å². The summed E-state index contributed by atoms with van der Waals surface area (Å²) in [5.41, 5.74) is 5.88. The summed E-state index contributed by atoms with van der Waals surface area (Å²) in [5.74, 6) is 0.664. The number of thiazole rings is 1. The van der Waals surface area contributed by atoms with E-state index < -0.39 is 36.0 Å². The molecule has 11 heteroatoms. The normalized spacial score (nSPS) is 26.6. The summed E-state index contributed by atoms with van der Waals surface area (Å²) in [5, 5.41) is 29.4. The highest BCUT2D eigenvalue weighted by Gasteiger charge is 2.45. The smallest absolute Gasteiger partial charge is 0.311 e. The first-order chi connectivity index (χ1) is 12.4. The lowest BCUT2D eigenvalue weighted by molar-refractivity contribution is -0.0518. The molecule has 1 saturated heterocycles. The van der Waals surface area contributed by atoms with Crippen LogP contribution in [0.4, 0.5) is 5.95 Å². The maximum Gasteiger partial charge on any atom is 0.311 e. The molecule has 3 heterocycles. The van der Waals surface area contributed by atoms with Crippen LogP contribution in [0.1, 0.15) is 26.5 Å². The highest BCUT2D eigenvalue weighted by Crippen LogP contribution is 2.34. The average molecular weight is 384 g/mol. The molecule has 0 bridgehead atoms. The molecule has 0 spiro atoms. The molecule has 2 aromatic heterocycles. The fraction of sp³-hybridized carbons (Fsp3) is 0.533. The first kappa shape index (κ1) is 18.7. The Labute approximate surface area is 152 Å². The molecule has 0 amide bonds. The molecule has 10 nitrogen and oxygen atoms in total. The van der Waals surface area contributed by atoms with Gasteiger partial charge in [-0.15, -0.1) is 0 Å². The highest BCUT2D eigenvalue weighted by molar-refractivity contribution is 7.16. The van der Waals surface area contributed by atoms with E-state index in [-0.39, 0.29) is 17.5 Å². The average Bonchev–Trinajstić information content (AvgIpc) is 3.09. The molecule has 0 radical (unpaired) electrons. The second kappa shape index (κ2) is 7.29. The Morgan fingerprint density at radius 1 is 1.42 bits per heavy atom. The molecule has 2 aromatic rings. The van der Waals surface area contributed by atoms with Crippen molar-refractivity contribution in [1.82, 2.24) is 14.5 Å².